The molecule has 1 aromatic carbocycles. The molecule has 18 heavy (non-hydrogen) atoms. The quantitative estimate of drug-likeness (QED) is 0.812. The van der Waals surface area contributed by atoms with Gasteiger partial charge in [-0.1, -0.05) is 0 Å². The van der Waals surface area contributed by atoms with Gasteiger partial charge >= 0.3 is 0 Å². The molecule has 0 aliphatic carbocycles. The van der Waals surface area contributed by atoms with Crippen LogP contribution in [0.2, 0.25) is 0 Å². The maximum absolute atomic E-state index is 12.0. The fraction of sp³-hybridized carbons (Fsp3) is 0.0769. The first-order chi connectivity index (χ1) is 8.61. The van der Waals surface area contributed by atoms with Crippen LogP contribution in [0.25, 0.3) is 0 Å². The molecular weight excluding hydrogens is 246 g/mol. The van der Waals surface area contributed by atoms with Crippen molar-refractivity contribution in [1.82, 2.24) is 0 Å². The maximum atomic E-state index is 12.0. The normalized spacial score (nSPS) is 9.78. The van der Waals surface area contributed by atoms with Crippen molar-refractivity contribution < 1.29 is 4.79 Å². The number of amides is 1. The zero-order chi connectivity index (χ0) is 13.1. The van der Waals surface area contributed by atoms with Crippen LogP contribution in [-0.2, 0) is 0 Å². The number of carbonyl (C=O) groups is 1. The number of aryl methyl sites for hydroxylation is 1. The average molecular weight is 257 g/mol. The van der Waals surface area contributed by atoms with Gasteiger partial charge in [0, 0.05) is 11.3 Å². The molecule has 5 heteroatoms. The van der Waals surface area contributed by atoms with Gasteiger partial charge in [0.2, 0.25) is 0 Å². The standard InChI is InChI=1S/C13H11N3OS/c1-8-6-9(2-3-11(8)15)12(17)16-13-10(7-14)4-5-18-13/h2-6H,15H2,1H3,(H,16,17). The summed E-state index contributed by atoms with van der Waals surface area (Å²) in [5, 5.41) is 13.9. The van der Waals surface area contributed by atoms with Gasteiger partial charge in [0.25, 0.3) is 5.91 Å². The first-order valence-electron chi connectivity index (χ1n) is 5.27. The van der Waals surface area contributed by atoms with Crippen LogP contribution in [-0.4, -0.2) is 5.91 Å². The third-order valence-corrected chi connectivity index (χ3v) is 3.37. The minimum atomic E-state index is -0.239. The molecule has 0 bridgehead atoms. The van der Waals surface area contributed by atoms with Gasteiger partial charge in [-0.05, 0) is 42.1 Å². The van der Waals surface area contributed by atoms with Crippen LogP contribution in [0.5, 0.6) is 0 Å². The molecule has 0 unspecified atom stereocenters. The number of nitriles is 1. The second-order valence-electron chi connectivity index (χ2n) is 3.80. The molecule has 0 atom stereocenters. The molecule has 0 aliphatic heterocycles. The third kappa shape index (κ3) is 2.34. The minimum Gasteiger partial charge on any atom is -0.399 e. The Labute approximate surface area is 109 Å². The zero-order valence-corrected chi connectivity index (χ0v) is 10.5. The highest BCUT2D eigenvalue weighted by Gasteiger charge is 2.10. The fourth-order valence-electron chi connectivity index (χ4n) is 1.49. The van der Waals surface area contributed by atoms with Gasteiger partial charge in [0.05, 0.1) is 5.56 Å². The largest absolute Gasteiger partial charge is 0.399 e. The highest BCUT2D eigenvalue weighted by molar-refractivity contribution is 7.14. The fourth-order valence-corrected chi connectivity index (χ4v) is 2.22. The Morgan fingerprint density at radius 2 is 2.22 bits per heavy atom. The maximum Gasteiger partial charge on any atom is 0.256 e. The Morgan fingerprint density at radius 3 is 2.89 bits per heavy atom. The molecule has 2 rings (SSSR count). The van der Waals surface area contributed by atoms with E-state index in [0.717, 1.165) is 5.56 Å². The lowest BCUT2D eigenvalue weighted by Gasteiger charge is -2.05. The van der Waals surface area contributed by atoms with Crippen LogP contribution in [0.1, 0.15) is 21.5 Å². The van der Waals surface area contributed by atoms with Crippen LogP contribution in [0.15, 0.2) is 29.6 Å². The Bertz CT molecular complexity index is 640. The first-order valence-corrected chi connectivity index (χ1v) is 6.15. The lowest BCUT2D eigenvalue weighted by Crippen LogP contribution is -2.12. The van der Waals surface area contributed by atoms with Gasteiger partial charge in [-0.25, -0.2) is 0 Å². The van der Waals surface area contributed by atoms with Crippen LogP contribution in [0, 0.1) is 18.3 Å². The van der Waals surface area contributed by atoms with E-state index in [4.69, 9.17) is 11.0 Å². The Morgan fingerprint density at radius 1 is 1.44 bits per heavy atom. The molecule has 2 aromatic rings. The second kappa shape index (κ2) is 4.90. The van der Waals surface area contributed by atoms with Crippen molar-refractivity contribution in [2.75, 3.05) is 11.1 Å². The molecule has 0 aliphatic rings. The predicted molar refractivity (Wildman–Crippen MR) is 72.6 cm³/mol. The summed E-state index contributed by atoms with van der Waals surface area (Å²) in [6.45, 7) is 1.85. The number of nitrogens with zero attached hydrogens (tertiary/aromatic N) is 1. The highest BCUT2D eigenvalue weighted by Crippen LogP contribution is 2.23. The number of carbonyl (C=O) groups excluding carboxylic acids is 1. The number of nitrogens with one attached hydrogen (secondary N) is 1. The monoisotopic (exact) mass is 257 g/mol. The van der Waals surface area contributed by atoms with E-state index in [9.17, 15) is 4.79 Å². The number of thiophene rings is 1. The van der Waals surface area contributed by atoms with E-state index in [0.29, 0.717) is 21.8 Å². The number of hydrogen-bond donors (Lipinski definition) is 2. The molecule has 0 saturated heterocycles. The van der Waals surface area contributed by atoms with Crippen molar-refractivity contribution in [2.24, 2.45) is 0 Å². The Balaban J connectivity index is 2.23. The van der Waals surface area contributed by atoms with Gasteiger partial charge in [-0.15, -0.1) is 11.3 Å². The van der Waals surface area contributed by atoms with Crippen LogP contribution in [0.3, 0.4) is 0 Å². The second-order valence-corrected chi connectivity index (χ2v) is 4.72. The van der Waals surface area contributed by atoms with Gasteiger partial charge in [0.1, 0.15) is 11.1 Å². The van der Waals surface area contributed by atoms with Crippen molar-refractivity contribution in [3.63, 3.8) is 0 Å². The van der Waals surface area contributed by atoms with E-state index >= 15 is 0 Å². The average Bonchev–Trinajstić information content (AvgIpc) is 2.79. The molecule has 0 saturated carbocycles. The van der Waals surface area contributed by atoms with Gasteiger partial charge in [0.15, 0.2) is 0 Å². The molecule has 1 amide bonds. The molecule has 3 N–H and O–H groups in total. The van der Waals surface area contributed by atoms with Gasteiger partial charge in [-0.3, -0.25) is 4.79 Å². The van der Waals surface area contributed by atoms with Crippen LogP contribution in [0.4, 0.5) is 10.7 Å². The summed E-state index contributed by atoms with van der Waals surface area (Å²) in [5.41, 5.74) is 8.21. The van der Waals surface area contributed by atoms with Gasteiger partial charge < -0.3 is 11.1 Å². The van der Waals surface area contributed by atoms with Crippen molar-refractivity contribution >= 4 is 27.9 Å². The van der Waals surface area contributed by atoms with E-state index in [1.54, 1.807) is 29.6 Å². The van der Waals surface area contributed by atoms with Crippen molar-refractivity contribution in [2.45, 2.75) is 6.92 Å². The van der Waals surface area contributed by atoms with E-state index in [2.05, 4.69) is 5.32 Å². The van der Waals surface area contributed by atoms with E-state index in [-0.39, 0.29) is 5.91 Å². The molecule has 0 spiro atoms. The third-order valence-electron chi connectivity index (χ3n) is 2.54. The number of nitrogens with two attached hydrogens (primary N) is 1. The lowest BCUT2D eigenvalue weighted by atomic mass is 10.1. The number of anilines is 2. The number of hydrogen-bond acceptors (Lipinski definition) is 4. The minimum absolute atomic E-state index is 0.239. The molecule has 0 fully saturated rings. The van der Waals surface area contributed by atoms with E-state index in [1.165, 1.54) is 11.3 Å². The molecule has 90 valence electrons. The van der Waals surface area contributed by atoms with Gasteiger partial charge in [-0.2, -0.15) is 5.26 Å². The first kappa shape index (κ1) is 12.1. The number of nitrogen functional groups attached to an aromatic ring is 1. The van der Waals surface area contributed by atoms with Crippen molar-refractivity contribution in [1.29, 1.82) is 5.26 Å². The van der Waals surface area contributed by atoms with E-state index < -0.39 is 0 Å². The summed E-state index contributed by atoms with van der Waals surface area (Å²) in [5.74, 6) is -0.239. The SMILES string of the molecule is Cc1cc(C(=O)Nc2sccc2C#N)ccc1N. The number of benzene rings is 1. The van der Waals surface area contributed by atoms with Crippen molar-refractivity contribution in [3.8, 4) is 6.07 Å². The highest BCUT2D eigenvalue weighted by atomic mass is 32.1. The lowest BCUT2D eigenvalue weighted by molar-refractivity contribution is 0.102. The summed E-state index contributed by atoms with van der Waals surface area (Å²) in [4.78, 5) is 12.0. The summed E-state index contributed by atoms with van der Waals surface area (Å²) in [6, 6.07) is 8.79. The predicted octanol–water partition coefficient (Wildman–Crippen LogP) is 2.76. The smallest absolute Gasteiger partial charge is 0.256 e. The molecular formula is C13H11N3OS. The summed E-state index contributed by atoms with van der Waals surface area (Å²) >= 11 is 1.33. The number of rotatable bonds is 2. The molecule has 1 aromatic heterocycles. The van der Waals surface area contributed by atoms with Crippen LogP contribution < -0.4 is 11.1 Å². The van der Waals surface area contributed by atoms with Crippen LogP contribution >= 0.6 is 11.3 Å². The Hall–Kier alpha value is -2.32. The summed E-state index contributed by atoms with van der Waals surface area (Å²) in [7, 11) is 0. The molecule has 4 nitrogen and oxygen atoms in total. The van der Waals surface area contributed by atoms with Crippen molar-refractivity contribution in [3.05, 3.63) is 46.3 Å². The molecule has 1 heterocycles. The summed E-state index contributed by atoms with van der Waals surface area (Å²) < 4.78 is 0. The molecule has 0 radical (unpaired) electrons. The summed E-state index contributed by atoms with van der Waals surface area (Å²) in [6.07, 6.45) is 0. The van der Waals surface area contributed by atoms with E-state index in [1.807, 2.05) is 13.0 Å². The Kier molecular flexibility index (Phi) is 3.31. The zero-order valence-electron chi connectivity index (χ0n) is 9.73. The topological polar surface area (TPSA) is 78.9 Å².